The van der Waals surface area contributed by atoms with E-state index in [1.165, 1.54) is 35.2 Å². The summed E-state index contributed by atoms with van der Waals surface area (Å²) in [6, 6.07) is 18.9. The van der Waals surface area contributed by atoms with Gasteiger partial charge < -0.3 is 10.2 Å². The molecule has 0 radical (unpaired) electrons. The van der Waals surface area contributed by atoms with Gasteiger partial charge in [-0.3, -0.25) is 13.9 Å². The molecule has 0 unspecified atom stereocenters. The summed E-state index contributed by atoms with van der Waals surface area (Å²) < 4.78 is 43.1. The predicted molar refractivity (Wildman–Crippen MR) is 151 cm³/mol. The number of carbonyl (C=O) groups is 2. The third kappa shape index (κ3) is 7.80. The first-order valence-corrected chi connectivity index (χ1v) is 14.6. The number of sulfonamides is 1. The number of hydrogen-bond acceptors (Lipinski definition) is 4. The Balaban J connectivity index is 2.03. The molecule has 0 fully saturated rings. The minimum Gasteiger partial charge on any atom is -0.354 e. The lowest BCUT2D eigenvalue weighted by Gasteiger charge is -2.33. The number of anilines is 1. The van der Waals surface area contributed by atoms with Crippen LogP contribution in [-0.2, 0) is 26.2 Å². The fourth-order valence-corrected chi connectivity index (χ4v) is 5.67. The highest BCUT2D eigenvalue weighted by Crippen LogP contribution is 2.27. The second kappa shape index (κ2) is 14.1. The number of carbonyl (C=O) groups excluding carboxylic acids is 2. The highest BCUT2D eigenvalue weighted by Gasteiger charge is 2.34. The first-order valence-electron chi connectivity index (χ1n) is 12.8. The van der Waals surface area contributed by atoms with Crippen LogP contribution in [0, 0.1) is 5.82 Å². The summed E-state index contributed by atoms with van der Waals surface area (Å²) in [6.07, 6.45) is 1.96. The molecule has 208 valence electrons. The first-order chi connectivity index (χ1) is 18.7. The van der Waals surface area contributed by atoms with Crippen LogP contribution >= 0.6 is 11.6 Å². The van der Waals surface area contributed by atoms with E-state index in [4.69, 9.17) is 11.6 Å². The second-order valence-electron chi connectivity index (χ2n) is 8.99. The molecule has 0 heterocycles. The molecule has 39 heavy (non-hydrogen) atoms. The Hall–Kier alpha value is -3.43. The number of hydrogen-bond donors (Lipinski definition) is 1. The number of nitrogens with zero attached hydrogens (tertiary/aromatic N) is 2. The average molecular weight is 574 g/mol. The molecule has 10 heteroatoms. The number of amides is 2. The van der Waals surface area contributed by atoms with Gasteiger partial charge in [0, 0.05) is 18.1 Å². The van der Waals surface area contributed by atoms with E-state index >= 15 is 0 Å². The summed E-state index contributed by atoms with van der Waals surface area (Å²) >= 11 is 6.03. The minimum atomic E-state index is -4.33. The highest BCUT2D eigenvalue weighted by molar-refractivity contribution is 7.92. The Morgan fingerprint density at radius 2 is 1.59 bits per heavy atom. The summed E-state index contributed by atoms with van der Waals surface area (Å²) in [6.45, 7) is 3.57. The maximum absolute atomic E-state index is 14.9. The van der Waals surface area contributed by atoms with Crippen LogP contribution in [0.1, 0.15) is 38.7 Å². The van der Waals surface area contributed by atoms with Gasteiger partial charge in [-0.05, 0) is 54.8 Å². The Labute approximate surface area is 234 Å². The minimum absolute atomic E-state index is 0.0339. The number of para-hydroxylation sites is 1. The van der Waals surface area contributed by atoms with Crippen molar-refractivity contribution < 1.29 is 22.4 Å². The molecule has 0 aromatic heterocycles. The van der Waals surface area contributed by atoms with E-state index in [1.807, 2.05) is 6.92 Å². The van der Waals surface area contributed by atoms with Gasteiger partial charge >= 0.3 is 0 Å². The van der Waals surface area contributed by atoms with Crippen molar-refractivity contribution in [2.24, 2.45) is 0 Å². The molecular formula is C29H33ClFN3O4S. The fourth-order valence-electron chi connectivity index (χ4n) is 4.10. The molecule has 0 bridgehead atoms. The smallest absolute Gasteiger partial charge is 0.264 e. The first kappa shape index (κ1) is 30.1. The van der Waals surface area contributed by atoms with Crippen LogP contribution in [-0.4, -0.2) is 44.3 Å². The summed E-state index contributed by atoms with van der Waals surface area (Å²) in [4.78, 5) is 28.3. The molecular weight excluding hydrogens is 541 g/mol. The molecule has 3 aromatic rings. The van der Waals surface area contributed by atoms with Gasteiger partial charge in [0.25, 0.3) is 10.0 Å². The van der Waals surface area contributed by atoms with Crippen molar-refractivity contribution in [1.82, 2.24) is 10.2 Å². The molecule has 3 aromatic carbocycles. The summed E-state index contributed by atoms with van der Waals surface area (Å²) in [7, 11) is -4.33. The van der Waals surface area contributed by atoms with Crippen molar-refractivity contribution in [3.63, 3.8) is 0 Å². The van der Waals surface area contributed by atoms with Crippen LogP contribution in [0.5, 0.6) is 0 Å². The van der Waals surface area contributed by atoms with Crippen molar-refractivity contribution in [2.45, 2.75) is 50.6 Å². The topological polar surface area (TPSA) is 86.8 Å². The molecule has 7 nitrogen and oxygen atoms in total. The van der Waals surface area contributed by atoms with Gasteiger partial charge in [-0.2, -0.15) is 0 Å². The van der Waals surface area contributed by atoms with Gasteiger partial charge in [0.15, 0.2) is 0 Å². The van der Waals surface area contributed by atoms with Crippen molar-refractivity contribution in [3.05, 3.63) is 95.3 Å². The maximum atomic E-state index is 14.9. The van der Waals surface area contributed by atoms with Crippen LogP contribution in [0.2, 0.25) is 5.02 Å². The van der Waals surface area contributed by atoms with Crippen LogP contribution < -0.4 is 9.62 Å². The van der Waals surface area contributed by atoms with E-state index in [9.17, 15) is 22.4 Å². The molecule has 1 atom stereocenters. The van der Waals surface area contributed by atoms with Gasteiger partial charge in [0.1, 0.15) is 18.4 Å². The van der Waals surface area contributed by atoms with Gasteiger partial charge in [-0.25, -0.2) is 12.8 Å². The zero-order valence-electron chi connectivity index (χ0n) is 22.0. The third-order valence-corrected chi connectivity index (χ3v) is 8.24. The molecule has 0 spiro atoms. The monoisotopic (exact) mass is 573 g/mol. The lowest BCUT2D eigenvalue weighted by atomic mass is 10.1. The summed E-state index contributed by atoms with van der Waals surface area (Å²) in [5, 5.41) is 3.38. The van der Waals surface area contributed by atoms with E-state index in [0.29, 0.717) is 23.6 Å². The van der Waals surface area contributed by atoms with Crippen molar-refractivity contribution in [3.8, 4) is 0 Å². The van der Waals surface area contributed by atoms with Crippen LogP contribution in [0.15, 0.2) is 83.8 Å². The van der Waals surface area contributed by atoms with Crippen molar-refractivity contribution in [2.75, 3.05) is 17.4 Å². The maximum Gasteiger partial charge on any atom is 0.264 e. The van der Waals surface area contributed by atoms with E-state index in [0.717, 1.165) is 23.2 Å². The van der Waals surface area contributed by atoms with Gasteiger partial charge in [-0.15, -0.1) is 0 Å². The van der Waals surface area contributed by atoms with E-state index in [2.05, 4.69) is 5.32 Å². The summed E-state index contributed by atoms with van der Waals surface area (Å²) in [5.74, 6) is -1.78. The Morgan fingerprint density at radius 1 is 0.949 bits per heavy atom. The van der Waals surface area contributed by atoms with Crippen molar-refractivity contribution in [1.29, 1.82) is 0 Å². The van der Waals surface area contributed by atoms with Crippen LogP contribution in [0.25, 0.3) is 0 Å². The van der Waals surface area contributed by atoms with E-state index < -0.39 is 34.3 Å². The van der Waals surface area contributed by atoms with Crippen LogP contribution in [0.4, 0.5) is 10.1 Å². The number of benzene rings is 3. The molecule has 0 saturated carbocycles. The molecule has 3 rings (SSSR count). The lowest BCUT2D eigenvalue weighted by Crippen LogP contribution is -2.52. The molecule has 0 aliphatic heterocycles. The molecule has 0 aliphatic carbocycles. The fraction of sp³-hybridized carbons (Fsp3) is 0.310. The van der Waals surface area contributed by atoms with Gasteiger partial charge in [0.2, 0.25) is 11.8 Å². The number of nitrogens with one attached hydrogen (secondary N) is 1. The van der Waals surface area contributed by atoms with Gasteiger partial charge in [0.05, 0.1) is 10.6 Å². The van der Waals surface area contributed by atoms with E-state index in [1.54, 1.807) is 49.4 Å². The second-order valence-corrected chi connectivity index (χ2v) is 11.3. The molecule has 2 amide bonds. The zero-order chi connectivity index (χ0) is 28.4. The molecule has 1 N–H and O–H groups in total. The Morgan fingerprint density at radius 3 is 2.21 bits per heavy atom. The van der Waals surface area contributed by atoms with Gasteiger partial charge in [-0.1, -0.05) is 74.3 Å². The summed E-state index contributed by atoms with van der Waals surface area (Å²) in [5.41, 5.74) is 0.442. The predicted octanol–water partition coefficient (Wildman–Crippen LogP) is 5.40. The standard InChI is InChI=1S/C29H33ClFN3O4S/c1-3-5-19-32-29(36)26(4-2)33(20-22-15-17-23(30)18-16-22)28(35)21-34(27-14-10-9-13-25(27)31)39(37,38)24-11-7-6-8-12-24/h6-18,26H,3-5,19-21H2,1-2H3,(H,32,36)/t26-/m1/s1. The molecule has 0 aliphatic rings. The zero-order valence-corrected chi connectivity index (χ0v) is 23.6. The molecule has 0 saturated heterocycles. The number of halogens is 2. The number of unbranched alkanes of at least 4 members (excludes halogenated alkanes) is 1. The highest BCUT2D eigenvalue weighted by atomic mass is 35.5. The Kier molecular flexibility index (Phi) is 10.9. The van der Waals surface area contributed by atoms with Crippen LogP contribution in [0.3, 0.4) is 0 Å². The quantitative estimate of drug-likeness (QED) is 0.277. The van der Waals surface area contributed by atoms with Crippen molar-refractivity contribution >= 4 is 39.1 Å². The Bertz CT molecular complexity index is 1350. The van der Waals surface area contributed by atoms with E-state index in [-0.39, 0.29) is 23.0 Å². The number of rotatable bonds is 13. The lowest BCUT2D eigenvalue weighted by molar-refractivity contribution is -0.140. The normalized spacial score (nSPS) is 12.0. The average Bonchev–Trinajstić information content (AvgIpc) is 2.93. The SMILES string of the molecule is CCCCNC(=O)[C@@H](CC)N(Cc1ccc(Cl)cc1)C(=O)CN(c1ccccc1F)S(=O)(=O)c1ccccc1. The largest absolute Gasteiger partial charge is 0.354 e. The third-order valence-electron chi connectivity index (χ3n) is 6.21.